The maximum atomic E-state index is 13.7. The second-order valence-electron chi connectivity index (χ2n) is 12.8. The third kappa shape index (κ3) is 5.43. The Morgan fingerprint density at radius 2 is 1.80 bits per heavy atom. The van der Waals surface area contributed by atoms with Crippen LogP contribution in [0.4, 0.5) is 10.1 Å². The summed E-state index contributed by atoms with van der Waals surface area (Å²) in [7, 11) is 0. The van der Waals surface area contributed by atoms with Crippen LogP contribution in [0.2, 0.25) is 0 Å². The summed E-state index contributed by atoms with van der Waals surface area (Å²) in [5.41, 5.74) is 5.54. The van der Waals surface area contributed by atoms with Gasteiger partial charge in [0.15, 0.2) is 0 Å². The molecule has 2 aromatic carbocycles. The molecule has 0 bridgehead atoms. The highest BCUT2D eigenvalue weighted by atomic mass is 19.1. The van der Waals surface area contributed by atoms with E-state index in [0.29, 0.717) is 52.4 Å². The van der Waals surface area contributed by atoms with Gasteiger partial charge in [0.1, 0.15) is 34.9 Å². The number of rotatable bonds is 8. The van der Waals surface area contributed by atoms with Crippen LogP contribution in [0.5, 0.6) is 5.75 Å². The fourth-order valence-corrected chi connectivity index (χ4v) is 5.51. The first-order chi connectivity index (χ1) is 21.7. The number of nitrogens with one attached hydrogen (secondary N) is 2. The second-order valence-corrected chi connectivity index (χ2v) is 12.8. The van der Waals surface area contributed by atoms with Crippen molar-refractivity contribution >= 4 is 34.3 Å². The molecule has 0 saturated carbocycles. The van der Waals surface area contributed by atoms with E-state index in [4.69, 9.17) is 15.2 Å². The van der Waals surface area contributed by atoms with Gasteiger partial charge in [0.25, 0.3) is 5.91 Å². The Balaban J connectivity index is 1.32. The Bertz CT molecular complexity index is 1910. The van der Waals surface area contributed by atoms with Gasteiger partial charge in [-0.2, -0.15) is 0 Å². The van der Waals surface area contributed by atoms with Gasteiger partial charge in [0, 0.05) is 28.3 Å². The normalized spacial score (nSPS) is 19.3. The Hall–Kier alpha value is -4.94. The number of amides is 3. The van der Waals surface area contributed by atoms with Crippen molar-refractivity contribution in [1.82, 2.24) is 15.3 Å². The SMILES string of the molecule is Cc1cnc2c(NC(=O)C3(C)COC3)cc(C(=O)NC[C@](C)(O)c3cc4c(c(-c5ccc(F)cc5)n3)OC[C@]4(C)C(N)=O)cc2c1. The zero-order chi connectivity index (χ0) is 33.0. The van der Waals surface area contributed by atoms with Gasteiger partial charge in [0.05, 0.1) is 42.1 Å². The van der Waals surface area contributed by atoms with Crippen molar-refractivity contribution in [2.24, 2.45) is 11.1 Å². The molecule has 0 aliphatic carbocycles. The van der Waals surface area contributed by atoms with Gasteiger partial charge in [0.2, 0.25) is 11.8 Å². The molecule has 0 radical (unpaired) electrons. The van der Waals surface area contributed by atoms with Crippen molar-refractivity contribution in [3.8, 4) is 17.0 Å². The predicted octanol–water partition coefficient (Wildman–Crippen LogP) is 3.49. The molecule has 0 spiro atoms. The van der Waals surface area contributed by atoms with Crippen molar-refractivity contribution < 1.29 is 33.4 Å². The minimum Gasteiger partial charge on any atom is -0.489 e. The standard InChI is InChI=1S/C34H34FN5O6/c1-18-9-20-10-21(11-24(26(20)37-13-18)39-31(43)32(2)15-45-16-32)29(41)38-14-34(4,44)25-12-23-28(46-17-33(23,3)30(36)42)27(40-25)19-5-7-22(35)8-6-19/h5-13,44H,14-17H2,1-4H3,(H2,36,42)(H,38,41)(H,39,43)/t33-,34-/m0/s1. The van der Waals surface area contributed by atoms with Crippen LogP contribution < -0.4 is 21.1 Å². The lowest BCUT2D eigenvalue weighted by Gasteiger charge is -2.36. The van der Waals surface area contributed by atoms with Crippen molar-refractivity contribution in [1.29, 1.82) is 0 Å². The van der Waals surface area contributed by atoms with Gasteiger partial charge in [-0.05, 0) is 81.8 Å². The van der Waals surface area contributed by atoms with Crippen LogP contribution >= 0.6 is 0 Å². The number of carbonyl (C=O) groups is 3. The number of benzene rings is 2. The highest BCUT2D eigenvalue weighted by molar-refractivity contribution is 6.07. The number of anilines is 1. The molecular weight excluding hydrogens is 593 g/mol. The third-order valence-corrected chi connectivity index (χ3v) is 8.70. The van der Waals surface area contributed by atoms with Crippen molar-refractivity contribution in [3.05, 3.63) is 82.9 Å². The number of aliphatic hydroxyl groups is 1. The number of halogens is 1. The first kappa shape index (κ1) is 31.1. The topological polar surface area (TPSA) is 166 Å². The van der Waals surface area contributed by atoms with E-state index in [0.717, 1.165) is 5.56 Å². The van der Waals surface area contributed by atoms with Crippen LogP contribution in [0, 0.1) is 18.2 Å². The van der Waals surface area contributed by atoms with E-state index in [1.807, 2.05) is 13.0 Å². The van der Waals surface area contributed by atoms with Crippen LogP contribution in [0.25, 0.3) is 22.2 Å². The van der Waals surface area contributed by atoms with Gasteiger partial charge in [-0.25, -0.2) is 9.37 Å². The lowest BCUT2D eigenvalue weighted by Crippen LogP contribution is -2.49. The summed E-state index contributed by atoms with van der Waals surface area (Å²) < 4.78 is 24.8. The first-order valence-corrected chi connectivity index (χ1v) is 14.8. The zero-order valence-corrected chi connectivity index (χ0v) is 25.9. The van der Waals surface area contributed by atoms with Crippen molar-refractivity contribution in [2.75, 3.05) is 31.7 Å². The molecular formula is C34H34FN5O6. The van der Waals surface area contributed by atoms with Crippen LogP contribution in [0.1, 0.15) is 48.0 Å². The molecule has 2 aliphatic rings. The number of ether oxygens (including phenoxy) is 2. The summed E-state index contributed by atoms with van der Waals surface area (Å²) in [6.45, 7) is 7.09. The van der Waals surface area contributed by atoms with E-state index < -0.39 is 34.1 Å². The minimum atomic E-state index is -1.73. The summed E-state index contributed by atoms with van der Waals surface area (Å²) in [6, 6.07) is 12.2. The van der Waals surface area contributed by atoms with E-state index in [2.05, 4.69) is 20.6 Å². The quantitative estimate of drug-likeness (QED) is 0.231. The number of aromatic nitrogens is 2. The molecule has 6 rings (SSSR count). The van der Waals surface area contributed by atoms with Gasteiger partial charge in [-0.15, -0.1) is 0 Å². The van der Waals surface area contributed by atoms with Crippen molar-refractivity contribution in [3.63, 3.8) is 0 Å². The largest absolute Gasteiger partial charge is 0.489 e. The molecule has 1 fully saturated rings. The number of fused-ring (bicyclic) bond motifs is 2. The monoisotopic (exact) mass is 627 g/mol. The van der Waals surface area contributed by atoms with Gasteiger partial charge < -0.3 is 30.9 Å². The molecule has 1 saturated heterocycles. The zero-order valence-electron chi connectivity index (χ0n) is 25.9. The number of primary amides is 1. The number of hydrogen-bond acceptors (Lipinski definition) is 8. The molecule has 2 aliphatic heterocycles. The Labute approximate surface area is 264 Å². The minimum absolute atomic E-state index is 0.0305. The Morgan fingerprint density at radius 3 is 2.46 bits per heavy atom. The average molecular weight is 628 g/mol. The molecule has 2 aromatic heterocycles. The molecule has 2 atom stereocenters. The fraction of sp³-hybridized carbons (Fsp3) is 0.324. The number of hydrogen-bond donors (Lipinski definition) is 4. The fourth-order valence-electron chi connectivity index (χ4n) is 5.51. The predicted molar refractivity (Wildman–Crippen MR) is 168 cm³/mol. The maximum Gasteiger partial charge on any atom is 0.251 e. The molecule has 4 aromatic rings. The number of aryl methyl sites for hydroxylation is 1. The Kier molecular flexibility index (Phi) is 7.52. The van der Waals surface area contributed by atoms with Gasteiger partial charge in [-0.3, -0.25) is 19.4 Å². The van der Waals surface area contributed by atoms with Crippen LogP contribution in [0.15, 0.2) is 54.7 Å². The average Bonchev–Trinajstić information content (AvgIpc) is 3.36. The lowest BCUT2D eigenvalue weighted by molar-refractivity contribution is -0.151. The summed E-state index contributed by atoms with van der Waals surface area (Å²) in [4.78, 5) is 48.2. The van der Waals surface area contributed by atoms with E-state index in [1.165, 1.54) is 31.2 Å². The van der Waals surface area contributed by atoms with Crippen LogP contribution in [0.3, 0.4) is 0 Å². The third-order valence-electron chi connectivity index (χ3n) is 8.70. The summed E-state index contributed by atoms with van der Waals surface area (Å²) in [5, 5.41) is 18.0. The van der Waals surface area contributed by atoms with Crippen molar-refractivity contribution in [2.45, 2.75) is 38.7 Å². The Morgan fingerprint density at radius 1 is 1.09 bits per heavy atom. The highest BCUT2D eigenvalue weighted by Crippen LogP contribution is 2.45. The first-order valence-electron chi connectivity index (χ1n) is 14.8. The second kappa shape index (κ2) is 11.1. The van der Waals surface area contributed by atoms with E-state index in [9.17, 15) is 23.9 Å². The number of nitrogens with two attached hydrogens (primary N) is 1. The molecule has 46 heavy (non-hydrogen) atoms. The van der Waals surface area contributed by atoms with E-state index in [-0.39, 0.29) is 30.3 Å². The molecule has 238 valence electrons. The number of nitrogens with zero attached hydrogens (tertiary/aromatic N) is 2. The maximum absolute atomic E-state index is 13.7. The van der Waals surface area contributed by atoms with E-state index >= 15 is 0 Å². The summed E-state index contributed by atoms with van der Waals surface area (Å²) in [6.07, 6.45) is 1.68. The highest BCUT2D eigenvalue weighted by Gasteiger charge is 2.45. The van der Waals surface area contributed by atoms with E-state index in [1.54, 1.807) is 38.2 Å². The molecule has 0 unspecified atom stereocenters. The number of carbonyl (C=O) groups excluding carboxylic acids is 3. The van der Waals surface area contributed by atoms with Gasteiger partial charge in [-0.1, -0.05) is 0 Å². The van der Waals surface area contributed by atoms with Gasteiger partial charge >= 0.3 is 0 Å². The smallest absolute Gasteiger partial charge is 0.251 e. The number of pyridine rings is 2. The molecule has 12 heteroatoms. The molecule has 3 amide bonds. The molecule has 4 heterocycles. The summed E-state index contributed by atoms with van der Waals surface area (Å²) >= 11 is 0. The van der Waals surface area contributed by atoms with Crippen LogP contribution in [-0.2, 0) is 25.3 Å². The lowest BCUT2D eigenvalue weighted by atomic mass is 9.82. The van der Waals surface area contributed by atoms with Crippen LogP contribution in [-0.4, -0.2) is 59.2 Å². The molecule has 11 nitrogen and oxygen atoms in total. The summed E-state index contributed by atoms with van der Waals surface area (Å²) in [5.74, 6) is -1.50. The molecule has 5 N–H and O–H groups in total.